The van der Waals surface area contributed by atoms with Crippen LogP contribution in [-0.2, 0) is 23.1 Å². The fourth-order valence-electron chi connectivity index (χ4n) is 3.17. The Hall–Kier alpha value is -3.07. The van der Waals surface area contributed by atoms with Gasteiger partial charge in [-0.05, 0) is 66.4 Å². The third-order valence-corrected chi connectivity index (χ3v) is 6.84. The molecule has 0 saturated carbocycles. The summed E-state index contributed by atoms with van der Waals surface area (Å²) in [6, 6.07) is 17.2. The van der Waals surface area contributed by atoms with Crippen molar-refractivity contribution in [2.24, 2.45) is 0 Å². The molecule has 0 saturated heterocycles. The summed E-state index contributed by atoms with van der Waals surface area (Å²) in [5, 5.41) is 8.75. The number of benzene rings is 3. The Morgan fingerprint density at radius 2 is 1.48 bits per heavy atom. The minimum Gasteiger partial charge on any atom is -0.288 e. The molecule has 8 heteroatoms. The number of amides is 1. The normalized spacial score (nSPS) is 11.5. The van der Waals surface area contributed by atoms with Gasteiger partial charge in [-0.1, -0.05) is 36.4 Å². The Kier molecular flexibility index (Phi) is 6.84. The van der Waals surface area contributed by atoms with E-state index in [9.17, 15) is 17.6 Å². The number of carbonyl (C=O) groups excluding carboxylic acids is 1. The molecule has 0 fully saturated rings. The first-order chi connectivity index (χ1) is 14.7. The number of aryl methyl sites for hydroxylation is 2. The van der Waals surface area contributed by atoms with Crippen LogP contribution in [0, 0.1) is 19.7 Å². The molecule has 31 heavy (non-hydrogen) atoms. The first-order valence-corrected chi connectivity index (χ1v) is 11.0. The number of sulfonamides is 1. The third kappa shape index (κ3) is 5.35. The number of carbonyl (C=O) groups is 1. The Balaban J connectivity index is 1.99. The maximum Gasteiger partial charge on any atom is 0.274 e. The largest absolute Gasteiger partial charge is 0.288 e. The van der Waals surface area contributed by atoms with Crippen LogP contribution in [0.5, 0.6) is 0 Å². The fourth-order valence-corrected chi connectivity index (χ4v) is 4.90. The van der Waals surface area contributed by atoms with Crippen LogP contribution < -0.4 is 5.48 Å². The van der Waals surface area contributed by atoms with Gasteiger partial charge in [0.25, 0.3) is 5.91 Å². The van der Waals surface area contributed by atoms with Gasteiger partial charge in [0.05, 0.1) is 4.90 Å². The molecule has 3 aromatic carbocycles. The molecule has 0 radical (unpaired) electrons. The topological polar surface area (TPSA) is 86.7 Å². The van der Waals surface area contributed by atoms with Crippen LogP contribution in [0.1, 0.15) is 32.6 Å². The average molecular weight is 443 g/mol. The lowest BCUT2D eigenvalue weighted by Crippen LogP contribution is -2.31. The van der Waals surface area contributed by atoms with Crippen LogP contribution in [0.2, 0.25) is 0 Å². The van der Waals surface area contributed by atoms with Gasteiger partial charge in [0.2, 0.25) is 10.0 Å². The SMILES string of the molecule is Cc1ccc(C)c(S(=O)(=O)N(Cc2ccc(F)cc2)Cc2ccc(C(=O)NO)cc2)c1. The Bertz CT molecular complexity index is 1180. The first kappa shape index (κ1) is 22.6. The van der Waals surface area contributed by atoms with Gasteiger partial charge >= 0.3 is 0 Å². The van der Waals surface area contributed by atoms with Crippen molar-refractivity contribution in [2.75, 3.05) is 0 Å². The van der Waals surface area contributed by atoms with Gasteiger partial charge in [-0.3, -0.25) is 10.0 Å². The third-order valence-electron chi connectivity index (χ3n) is 4.91. The van der Waals surface area contributed by atoms with Crippen LogP contribution in [0.25, 0.3) is 0 Å². The van der Waals surface area contributed by atoms with E-state index in [2.05, 4.69) is 0 Å². The maximum absolute atomic E-state index is 13.6. The highest BCUT2D eigenvalue weighted by Gasteiger charge is 2.27. The van der Waals surface area contributed by atoms with E-state index in [1.54, 1.807) is 48.8 Å². The second kappa shape index (κ2) is 9.38. The molecule has 1 amide bonds. The minimum atomic E-state index is -3.87. The summed E-state index contributed by atoms with van der Waals surface area (Å²) in [7, 11) is -3.87. The van der Waals surface area contributed by atoms with Crippen molar-refractivity contribution in [3.05, 3.63) is 100 Å². The van der Waals surface area contributed by atoms with E-state index in [1.807, 2.05) is 13.0 Å². The van der Waals surface area contributed by atoms with Crippen LogP contribution in [0.3, 0.4) is 0 Å². The highest BCUT2D eigenvalue weighted by atomic mass is 32.2. The monoisotopic (exact) mass is 442 g/mol. The van der Waals surface area contributed by atoms with Gasteiger partial charge in [-0.25, -0.2) is 18.3 Å². The van der Waals surface area contributed by atoms with Gasteiger partial charge in [0.1, 0.15) is 5.82 Å². The van der Waals surface area contributed by atoms with Crippen molar-refractivity contribution in [1.29, 1.82) is 0 Å². The number of halogens is 1. The fraction of sp³-hybridized carbons (Fsp3) is 0.174. The first-order valence-electron chi connectivity index (χ1n) is 9.56. The van der Waals surface area contributed by atoms with Crippen molar-refractivity contribution in [3.8, 4) is 0 Å². The van der Waals surface area contributed by atoms with E-state index in [-0.39, 0.29) is 23.5 Å². The molecule has 162 valence electrons. The predicted octanol–water partition coefficient (Wildman–Crippen LogP) is 3.95. The Morgan fingerprint density at radius 3 is 2.03 bits per heavy atom. The summed E-state index contributed by atoms with van der Waals surface area (Å²) in [6.45, 7) is 3.67. The smallest absolute Gasteiger partial charge is 0.274 e. The van der Waals surface area contributed by atoms with Gasteiger partial charge in [0, 0.05) is 18.7 Å². The highest BCUT2D eigenvalue weighted by Crippen LogP contribution is 2.25. The number of hydrogen-bond donors (Lipinski definition) is 2. The lowest BCUT2D eigenvalue weighted by atomic mass is 10.1. The number of hydrogen-bond acceptors (Lipinski definition) is 4. The highest BCUT2D eigenvalue weighted by molar-refractivity contribution is 7.89. The summed E-state index contributed by atoms with van der Waals surface area (Å²) in [4.78, 5) is 11.7. The van der Waals surface area contributed by atoms with Crippen molar-refractivity contribution in [2.45, 2.75) is 31.8 Å². The van der Waals surface area contributed by atoms with Crippen LogP contribution in [-0.4, -0.2) is 23.8 Å². The van der Waals surface area contributed by atoms with E-state index in [0.29, 0.717) is 16.7 Å². The van der Waals surface area contributed by atoms with E-state index in [4.69, 9.17) is 5.21 Å². The zero-order valence-corrected chi connectivity index (χ0v) is 18.0. The molecule has 0 aliphatic rings. The van der Waals surface area contributed by atoms with Crippen LogP contribution >= 0.6 is 0 Å². The molecule has 0 bridgehead atoms. The van der Waals surface area contributed by atoms with E-state index >= 15 is 0 Å². The molecule has 0 aliphatic heterocycles. The van der Waals surface area contributed by atoms with Crippen molar-refractivity contribution >= 4 is 15.9 Å². The van der Waals surface area contributed by atoms with Gasteiger partial charge in [-0.2, -0.15) is 4.31 Å². The standard InChI is InChI=1S/C23H23FN2O4S/c1-16-3-4-17(2)22(13-16)31(29,30)26(15-19-7-11-21(24)12-8-19)14-18-5-9-20(10-6-18)23(27)25-28/h3-13,28H,14-15H2,1-2H3,(H,25,27). The number of nitrogens with one attached hydrogen (secondary N) is 1. The molecule has 0 unspecified atom stereocenters. The molecule has 0 aliphatic carbocycles. The molecule has 0 atom stereocenters. The number of nitrogens with zero attached hydrogens (tertiary/aromatic N) is 1. The summed E-state index contributed by atoms with van der Waals surface area (Å²) < 4.78 is 41.8. The van der Waals surface area contributed by atoms with Crippen molar-refractivity contribution in [3.63, 3.8) is 0 Å². The van der Waals surface area contributed by atoms with E-state index < -0.39 is 21.7 Å². The Labute approximate surface area is 181 Å². The zero-order valence-electron chi connectivity index (χ0n) is 17.2. The second-order valence-electron chi connectivity index (χ2n) is 7.31. The zero-order chi connectivity index (χ0) is 22.6. The van der Waals surface area contributed by atoms with E-state index in [0.717, 1.165) is 5.56 Å². The molecule has 0 spiro atoms. The van der Waals surface area contributed by atoms with Crippen LogP contribution in [0.4, 0.5) is 4.39 Å². The summed E-state index contributed by atoms with van der Waals surface area (Å²) in [6.07, 6.45) is 0. The van der Waals surface area contributed by atoms with Gasteiger partial charge < -0.3 is 0 Å². The maximum atomic E-state index is 13.6. The van der Waals surface area contributed by atoms with Gasteiger partial charge in [0.15, 0.2) is 0 Å². The van der Waals surface area contributed by atoms with Gasteiger partial charge in [-0.15, -0.1) is 0 Å². The number of hydroxylamine groups is 1. The second-order valence-corrected chi connectivity index (χ2v) is 9.21. The molecule has 0 heterocycles. The summed E-state index contributed by atoms with van der Waals surface area (Å²) in [5.41, 5.74) is 4.56. The van der Waals surface area contributed by atoms with E-state index in [1.165, 1.54) is 28.6 Å². The molecule has 6 nitrogen and oxygen atoms in total. The predicted molar refractivity (Wildman–Crippen MR) is 114 cm³/mol. The summed E-state index contributed by atoms with van der Waals surface area (Å²) in [5.74, 6) is -1.05. The molecular formula is C23H23FN2O4S. The summed E-state index contributed by atoms with van der Waals surface area (Å²) >= 11 is 0. The quantitative estimate of drug-likeness (QED) is 0.428. The average Bonchev–Trinajstić information content (AvgIpc) is 2.76. The molecule has 2 N–H and O–H groups in total. The Morgan fingerprint density at radius 1 is 0.935 bits per heavy atom. The van der Waals surface area contributed by atoms with Crippen molar-refractivity contribution < 1.29 is 22.8 Å². The minimum absolute atomic E-state index is 0.0497. The number of rotatable bonds is 7. The molecular weight excluding hydrogens is 419 g/mol. The molecule has 3 rings (SSSR count). The molecule has 0 aromatic heterocycles. The van der Waals surface area contributed by atoms with Crippen molar-refractivity contribution in [1.82, 2.24) is 9.79 Å². The lowest BCUT2D eigenvalue weighted by molar-refractivity contribution is 0.0706. The molecule has 3 aromatic rings. The lowest BCUT2D eigenvalue weighted by Gasteiger charge is -2.24. The van der Waals surface area contributed by atoms with Crippen LogP contribution in [0.15, 0.2) is 71.6 Å².